The molecular weight excluding hydrogens is 312 g/mol. The molecule has 0 spiro atoms. The first-order chi connectivity index (χ1) is 10.2. The third-order valence-electron chi connectivity index (χ3n) is 2.89. The fraction of sp³-hybridized carbons (Fsp3) is 0.700. The second-order valence-electron chi connectivity index (χ2n) is 4.30. The first-order valence-corrected chi connectivity index (χ1v) is 5.86. The highest BCUT2D eigenvalue weighted by molar-refractivity contribution is 5.84. The molecule has 0 aromatic rings. The summed E-state index contributed by atoms with van der Waals surface area (Å²) in [6, 6.07) is 0. The van der Waals surface area contributed by atoms with Crippen LogP contribution in [0.15, 0.2) is 11.5 Å². The topological polar surface area (TPSA) is 207 Å². The van der Waals surface area contributed by atoms with Gasteiger partial charge in [0.2, 0.25) is 18.3 Å². The molecule has 0 radical (unpaired) electrons. The van der Waals surface area contributed by atoms with Crippen LogP contribution in [0.3, 0.4) is 0 Å². The summed E-state index contributed by atoms with van der Waals surface area (Å²) in [4.78, 5) is 14.2. The van der Waals surface area contributed by atoms with Crippen LogP contribution in [0.5, 0.6) is 0 Å². The van der Waals surface area contributed by atoms with Crippen molar-refractivity contribution in [3.05, 3.63) is 11.5 Å². The Bertz CT molecular complexity index is 420. The maximum atomic E-state index is 10.4. The predicted molar refractivity (Wildman–Crippen MR) is 62.3 cm³/mol. The Balaban J connectivity index is 2.90. The lowest BCUT2D eigenvalue weighted by molar-refractivity contribution is -0.410. The summed E-state index contributed by atoms with van der Waals surface area (Å²) in [7, 11) is 0. The number of aliphatic hydroxyl groups is 6. The summed E-state index contributed by atoms with van der Waals surface area (Å²) in [6.07, 6.45) is -10.9. The Hall–Kier alpha value is -1.51. The molecule has 1 saturated heterocycles. The van der Waals surface area contributed by atoms with Crippen LogP contribution in [0.1, 0.15) is 0 Å². The normalized spacial score (nSPS) is 34.9. The van der Waals surface area contributed by atoms with E-state index in [9.17, 15) is 25.2 Å². The van der Waals surface area contributed by atoms with E-state index >= 15 is 0 Å². The van der Waals surface area contributed by atoms with Crippen molar-refractivity contribution in [3.63, 3.8) is 0 Å². The van der Waals surface area contributed by atoms with Gasteiger partial charge in [0.1, 0.15) is 24.4 Å². The number of aliphatic hydroxyl groups excluding tert-OH is 6. The number of carboxylic acid groups (broad SMARTS) is 1. The number of aliphatic carboxylic acids is 1. The van der Waals surface area contributed by atoms with Gasteiger partial charge in [-0.3, -0.25) is 0 Å². The molecule has 6 unspecified atom stereocenters. The summed E-state index contributed by atoms with van der Waals surface area (Å²) in [6.45, 7) is -0.809. The number of ether oxygens (including phenoxy) is 2. The summed E-state index contributed by atoms with van der Waals surface area (Å²) < 4.78 is 9.52. The van der Waals surface area contributed by atoms with Crippen molar-refractivity contribution in [2.75, 3.05) is 6.61 Å². The van der Waals surface area contributed by atoms with Crippen LogP contribution in [0.2, 0.25) is 0 Å². The van der Waals surface area contributed by atoms with E-state index in [1.54, 1.807) is 0 Å². The first kappa shape index (κ1) is 18.5. The van der Waals surface area contributed by atoms with Crippen molar-refractivity contribution < 1.29 is 60.2 Å². The second-order valence-corrected chi connectivity index (χ2v) is 4.30. The number of carboxylic acids is 1. The number of carbonyl (C=O) groups is 1. The van der Waals surface area contributed by atoms with Gasteiger partial charge in [-0.1, -0.05) is 0 Å². The van der Waals surface area contributed by atoms with Gasteiger partial charge in [0, 0.05) is 0 Å². The van der Waals surface area contributed by atoms with Crippen LogP contribution in [0.25, 0.3) is 0 Å². The summed E-state index contributed by atoms with van der Waals surface area (Å²) >= 11 is 0. The van der Waals surface area contributed by atoms with Crippen molar-refractivity contribution >= 4 is 5.97 Å². The van der Waals surface area contributed by atoms with Gasteiger partial charge in [-0.15, -0.1) is 0 Å². The lowest BCUT2D eigenvalue weighted by atomic mass is 9.99. The molecule has 128 valence electrons. The molecule has 12 heteroatoms. The van der Waals surface area contributed by atoms with E-state index in [0.717, 1.165) is 0 Å². The highest BCUT2D eigenvalue weighted by atomic mass is 17.1. The highest BCUT2D eigenvalue weighted by Crippen LogP contribution is 2.25. The second kappa shape index (κ2) is 7.66. The first-order valence-electron chi connectivity index (χ1n) is 5.86. The molecule has 1 fully saturated rings. The Labute approximate surface area is 122 Å². The fourth-order valence-corrected chi connectivity index (χ4v) is 1.75. The molecule has 1 aliphatic heterocycles. The lowest BCUT2D eigenvalue weighted by Gasteiger charge is -2.40. The molecule has 1 aliphatic rings. The van der Waals surface area contributed by atoms with Crippen LogP contribution in [-0.2, 0) is 19.2 Å². The molecule has 6 atom stereocenters. The maximum absolute atomic E-state index is 10.4. The largest absolute Gasteiger partial charge is 0.504 e. The average molecular weight is 328 g/mol. The van der Waals surface area contributed by atoms with Crippen molar-refractivity contribution in [2.45, 2.75) is 37.0 Å². The number of hydrogen-bond donors (Lipinski definition) is 8. The Morgan fingerprint density at radius 2 is 1.77 bits per heavy atom. The van der Waals surface area contributed by atoms with Gasteiger partial charge in [0.15, 0.2) is 5.76 Å². The molecule has 0 aliphatic carbocycles. The molecule has 22 heavy (non-hydrogen) atoms. The van der Waals surface area contributed by atoms with Crippen molar-refractivity contribution in [3.8, 4) is 0 Å². The molecule has 0 aromatic carbocycles. The summed E-state index contributed by atoms with van der Waals surface area (Å²) in [5.74, 6) is -5.02. The van der Waals surface area contributed by atoms with E-state index in [-0.39, 0.29) is 0 Å². The van der Waals surface area contributed by atoms with Crippen molar-refractivity contribution in [1.82, 2.24) is 0 Å². The molecule has 1 heterocycles. The summed E-state index contributed by atoms with van der Waals surface area (Å²) in [5.41, 5.74) is 0. The van der Waals surface area contributed by atoms with Crippen molar-refractivity contribution in [1.29, 1.82) is 0 Å². The van der Waals surface area contributed by atoms with Crippen molar-refractivity contribution in [2.24, 2.45) is 0 Å². The number of hydrogen-bond acceptors (Lipinski definition) is 11. The minimum atomic E-state index is -2.40. The minimum Gasteiger partial charge on any atom is -0.504 e. The molecule has 1 rings (SSSR count). The van der Waals surface area contributed by atoms with Gasteiger partial charge in [0.05, 0.1) is 6.61 Å². The van der Waals surface area contributed by atoms with Gasteiger partial charge in [0.25, 0.3) is 0 Å². The van der Waals surface area contributed by atoms with Crippen LogP contribution in [0.4, 0.5) is 0 Å². The molecular formula is C10H16O12. The Kier molecular flexibility index (Phi) is 6.46. The quantitative estimate of drug-likeness (QED) is 0.0808. The lowest BCUT2D eigenvalue weighted by Crippen LogP contribution is -2.60. The maximum Gasteiger partial charge on any atom is 0.374 e. The zero-order valence-corrected chi connectivity index (χ0v) is 10.9. The SMILES string of the molecule is O=C(O)/C(O)=C(/O)C(O)OC1C(CO)OC(OO)C(O)C1O. The zero-order valence-electron chi connectivity index (χ0n) is 10.9. The predicted octanol–water partition coefficient (Wildman–Crippen LogP) is -2.97. The van der Waals surface area contributed by atoms with E-state index in [0.29, 0.717) is 0 Å². The van der Waals surface area contributed by atoms with Crippen LogP contribution >= 0.6 is 0 Å². The molecule has 0 aromatic heterocycles. The van der Waals surface area contributed by atoms with Gasteiger partial charge >= 0.3 is 5.97 Å². The van der Waals surface area contributed by atoms with Crippen LogP contribution < -0.4 is 0 Å². The molecule has 0 bridgehead atoms. The molecule has 0 amide bonds. The van der Waals surface area contributed by atoms with Gasteiger partial charge in [-0.25, -0.2) is 14.9 Å². The Morgan fingerprint density at radius 3 is 2.23 bits per heavy atom. The third kappa shape index (κ3) is 3.82. The number of rotatable bonds is 6. The van der Waals surface area contributed by atoms with Gasteiger partial charge in [-0.05, 0) is 0 Å². The monoisotopic (exact) mass is 328 g/mol. The van der Waals surface area contributed by atoms with E-state index in [1.165, 1.54) is 0 Å². The zero-order chi connectivity index (χ0) is 17.0. The van der Waals surface area contributed by atoms with Gasteiger partial charge in [-0.2, -0.15) is 0 Å². The standard InChI is InChI=1S/C10H16O12/c11-1-2-7(3(12)6(15)10(20-2)22-19)21-9(18)5(14)4(13)8(16)17/h2-3,6-7,9-15,18-19H,1H2,(H,16,17)/b5-4-. The fourth-order valence-electron chi connectivity index (χ4n) is 1.75. The van der Waals surface area contributed by atoms with E-state index in [2.05, 4.69) is 4.89 Å². The third-order valence-corrected chi connectivity index (χ3v) is 2.89. The van der Waals surface area contributed by atoms with E-state index in [1.807, 2.05) is 0 Å². The van der Waals surface area contributed by atoms with E-state index < -0.39 is 61.1 Å². The molecule has 0 saturated carbocycles. The van der Waals surface area contributed by atoms with Gasteiger partial charge < -0.3 is 45.2 Å². The Morgan fingerprint density at radius 1 is 1.18 bits per heavy atom. The molecule has 8 N–H and O–H groups in total. The highest BCUT2D eigenvalue weighted by Gasteiger charge is 2.47. The summed E-state index contributed by atoms with van der Waals surface area (Å²) in [5, 5.41) is 73.0. The van der Waals surface area contributed by atoms with Crippen LogP contribution in [-0.4, -0.2) is 90.6 Å². The minimum absolute atomic E-state index is 0.809. The van der Waals surface area contributed by atoms with Crippen LogP contribution in [0, 0.1) is 0 Å². The van der Waals surface area contributed by atoms with E-state index in [4.69, 9.17) is 30.1 Å². The smallest absolute Gasteiger partial charge is 0.374 e. The molecule has 12 nitrogen and oxygen atoms in total. The average Bonchev–Trinajstić information content (AvgIpc) is 2.50.